The van der Waals surface area contributed by atoms with Crippen LogP contribution < -0.4 is 0 Å². The molecule has 2 aromatic rings. The Hall–Kier alpha value is -2.77. The molecule has 86 valence electrons. The zero-order chi connectivity index (χ0) is 12.4. The van der Waals surface area contributed by atoms with Crippen LogP contribution in [-0.4, -0.2) is 30.8 Å². The van der Waals surface area contributed by atoms with Gasteiger partial charge in [0.05, 0.1) is 16.7 Å². The van der Waals surface area contributed by atoms with Gasteiger partial charge in [-0.25, -0.2) is 14.5 Å². The summed E-state index contributed by atoms with van der Waals surface area (Å²) >= 11 is 0. The average Bonchev–Trinajstić information content (AvgIpc) is 2.78. The average molecular weight is 234 g/mol. The first-order chi connectivity index (χ1) is 8.09. The van der Waals surface area contributed by atoms with E-state index in [9.17, 15) is 14.9 Å². The minimum Gasteiger partial charge on any atom is -0.478 e. The topological polar surface area (TPSA) is 111 Å². The van der Waals surface area contributed by atoms with Gasteiger partial charge < -0.3 is 5.11 Å². The highest BCUT2D eigenvalue weighted by atomic mass is 16.6. The molecule has 2 aromatic heterocycles. The molecule has 0 aliphatic rings. The molecule has 0 aliphatic heterocycles. The second-order valence-electron chi connectivity index (χ2n) is 3.08. The summed E-state index contributed by atoms with van der Waals surface area (Å²) in [6, 6.07) is 2.69. The summed E-state index contributed by atoms with van der Waals surface area (Å²) in [7, 11) is 0. The molecule has 0 saturated carbocycles. The number of carboxylic acids is 1. The Morgan fingerprint density at radius 2 is 2.29 bits per heavy atom. The predicted molar refractivity (Wildman–Crippen MR) is 55.0 cm³/mol. The fourth-order valence-electron chi connectivity index (χ4n) is 1.26. The molecule has 0 unspecified atom stereocenters. The number of hydrogen-bond donors (Lipinski definition) is 1. The number of nitro groups is 1. The van der Waals surface area contributed by atoms with Gasteiger partial charge >= 0.3 is 11.7 Å². The number of hydrogen-bond acceptors (Lipinski definition) is 5. The molecular weight excluding hydrogens is 228 g/mol. The van der Waals surface area contributed by atoms with E-state index in [1.807, 2.05) is 0 Å². The van der Waals surface area contributed by atoms with Crippen LogP contribution >= 0.6 is 0 Å². The molecule has 0 spiro atoms. The van der Waals surface area contributed by atoms with Gasteiger partial charge in [0.15, 0.2) is 0 Å². The minimum absolute atomic E-state index is 0.0231. The van der Waals surface area contributed by atoms with Crippen molar-refractivity contribution in [2.24, 2.45) is 0 Å². The smallest absolute Gasteiger partial charge is 0.338 e. The van der Waals surface area contributed by atoms with E-state index in [-0.39, 0.29) is 17.1 Å². The van der Waals surface area contributed by atoms with Crippen LogP contribution in [0.3, 0.4) is 0 Å². The maximum atomic E-state index is 10.7. The Bertz CT molecular complexity index is 592. The van der Waals surface area contributed by atoms with E-state index in [0.717, 1.165) is 17.1 Å². The van der Waals surface area contributed by atoms with Crippen LogP contribution in [0.25, 0.3) is 5.82 Å². The lowest BCUT2D eigenvalue weighted by atomic mass is 10.3. The molecule has 0 fully saturated rings. The molecule has 2 rings (SSSR count). The van der Waals surface area contributed by atoms with Crippen molar-refractivity contribution in [3.05, 3.63) is 46.4 Å². The first kappa shape index (κ1) is 10.7. The van der Waals surface area contributed by atoms with Gasteiger partial charge in [0.25, 0.3) is 0 Å². The summed E-state index contributed by atoms with van der Waals surface area (Å²) in [5.74, 6) is -1.18. The van der Waals surface area contributed by atoms with Crippen molar-refractivity contribution in [1.82, 2.24) is 14.8 Å². The summed E-state index contributed by atoms with van der Waals surface area (Å²) in [5, 5.41) is 23.2. The molecule has 0 aromatic carbocycles. The Morgan fingerprint density at radius 1 is 1.53 bits per heavy atom. The van der Waals surface area contributed by atoms with E-state index in [1.165, 1.54) is 18.3 Å². The van der Waals surface area contributed by atoms with Crippen LogP contribution in [-0.2, 0) is 0 Å². The second kappa shape index (κ2) is 4.00. The first-order valence-corrected chi connectivity index (χ1v) is 4.47. The molecular formula is C9H6N4O4. The van der Waals surface area contributed by atoms with Crippen molar-refractivity contribution in [3.8, 4) is 5.82 Å². The van der Waals surface area contributed by atoms with E-state index < -0.39 is 10.9 Å². The summed E-state index contributed by atoms with van der Waals surface area (Å²) in [6.45, 7) is 0. The normalized spacial score (nSPS) is 10.1. The molecule has 0 amide bonds. The molecule has 0 bridgehead atoms. The van der Waals surface area contributed by atoms with Crippen molar-refractivity contribution in [2.45, 2.75) is 0 Å². The standard InChI is InChI=1S/C9H6N4O4/c14-9(15)6-4-11-12(5-6)8-7(13(16)17)2-1-3-10-8/h1-5H,(H,14,15). The molecule has 0 saturated heterocycles. The number of aromatic nitrogens is 3. The highest BCUT2D eigenvalue weighted by Crippen LogP contribution is 2.18. The lowest BCUT2D eigenvalue weighted by Crippen LogP contribution is -2.03. The van der Waals surface area contributed by atoms with Crippen molar-refractivity contribution < 1.29 is 14.8 Å². The van der Waals surface area contributed by atoms with Crippen LogP contribution in [0.4, 0.5) is 5.69 Å². The zero-order valence-electron chi connectivity index (χ0n) is 8.35. The summed E-state index contributed by atoms with van der Waals surface area (Å²) < 4.78 is 1.06. The fraction of sp³-hybridized carbons (Fsp3) is 0. The third kappa shape index (κ3) is 1.95. The SMILES string of the molecule is O=C(O)c1cnn(-c2ncccc2[N+](=O)[O-])c1. The van der Waals surface area contributed by atoms with E-state index in [2.05, 4.69) is 10.1 Å². The Kier molecular flexibility index (Phi) is 2.53. The zero-order valence-corrected chi connectivity index (χ0v) is 8.35. The van der Waals surface area contributed by atoms with Gasteiger partial charge in [0.1, 0.15) is 0 Å². The largest absolute Gasteiger partial charge is 0.478 e. The van der Waals surface area contributed by atoms with Crippen molar-refractivity contribution in [2.75, 3.05) is 0 Å². The van der Waals surface area contributed by atoms with Crippen LogP contribution in [0.2, 0.25) is 0 Å². The minimum atomic E-state index is -1.16. The Balaban J connectivity index is 2.52. The van der Waals surface area contributed by atoms with E-state index in [4.69, 9.17) is 5.11 Å². The molecule has 0 radical (unpaired) electrons. The monoisotopic (exact) mass is 234 g/mol. The third-order valence-electron chi connectivity index (χ3n) is 2.01. The van der Waals surface area contributed by atoms with E-state index >= 15 is 0 Å². The van der Waals surface area contributed by atoms with Gasteiger partial charge in [0, 0.05) is 18.5 Å². The predicted octanol–water partition coefficient (Wildman–Crippen LogP) is 0.874. The summed E-state index contributed by atoms with van der Waals surface area (Å²) in [4.78, 5) is 24.6. The van der Waals surface area contributed by atoms with Gasteiger partial charge in [0.2, 0.25) is 5.82 Å². The molecule has 1 N–H and O–H groups in total. The maximum Gasteiger partial charge on any atom is 0.338 e. The Labute approximate surface area is 94.3 Å². The highest BCUT2D eigenvalue weighted by molar-refractivity contribution is 5.87. The number of carbonyl (C=O) groups is 1. The lowest BCUT2D eigenvalue weighted by molar-refractivity contribution is -0.384. The van der Waals surface area contributed by atoms with Crippen LogP contribution in [0.1, 0.15) is 10.4 Å². The van der Waals surface area contributed by atoms with E-state index in [0.29, 0.717) is 0 Å². The number of nitrogens with zero attached hydrogens (tertiary/aromatic N) is 4. The molecule has 0 aliphatic carbocycles. The highest BCUT2D eigenvalue weighted by Gasteiger charge is 2.17. The van der Waals surface area contributed by atoms with Crippen molar-refractivity contribution in [1.29, 1.82) is 0 Å². The number of carboxylic acid groups (broad SMARTS) is 1. The van der Waals surface area contributed by atoms with Crippen molar-refractivity contribution in [3.63, 3.8) is 0 Å². The number of pyridine rings is 1. The molecule has 0 atom stereocenters. The van der Waals surface area contributed by atoms with Gasteiger partial charge in [-0.2, -0.15) is 5.10 Å². The molecule has 17 heavy (non-hydrogen) atoms. The van der Waals surface area contributed by atoms with Gasteiger partial charge in [-0.3, -0.25) is 10.1 Å². The van der Waals surface area contributed by atoms with Crippen molar-refractivity contribution >= 4 is 11.7 Å². The molecule has 8 nitrogen and oxygen atoms in total. The molecule has 2 heterocycles. The van der Waals surface area contributed by atoms with Crippen LogP contribution in [0.5, 0.6) is 0 Å². The fourth-order valence-corrected chi connectivity index (χ4v) is 1.26. The Morgan fingerprint density at radius 3 is 2.88 bits per heavy atom. The van der Waals surface area contributed by atoms with Gasteiger partial charge in [-0.1, -0.05) is 0 Å². The summed E-state index contributed by atoms with van der Waals surface area (Å²) in [5.41, 5.74) is -0.308. The van der Waals surface area contributed by atoms with Gasteiger partial charge in [-0.15, -0.1) is 0 Å². The lowest BCUT2D eigenvalue weighted by Gasteiger charge is -2.00. The molecule has 8 heteroatoms. The number of aromatic carboxylic acids is 1. The van der Waals surface area contributed by atoms with Crippen LogP contribution in [0, 0.1) is 10.1 Å². The first-order valence-electron chi connectivity index (χ1n) is 4.47. The maximum absolute atomic E-state index is 10.7. The quantitative estimate of drug-likeness (QED) is 0.623. The number of rotatable bonds is 3. The van der Waals surface area contributed by atoms with E-state index in [1.54, 1.807) is 0 Å². The van der Waals surface area contributed by atoms with Crippen LogP contribution in [0.15, 0.2) is 30.7 Å². The van der Waals surface area contributed by atoms with Gasteiger partial charge in [-0.05, 0) is 6.07 Å². The second-order valence-corrected chi connectivity index (χ2v) is 3.08. The summed E-state index contributed by atoms with van der Waals surface area (Å²) in [6.07, 6.45) is 3.63. The third-order valence-corrected chi connectivity index (χ3v) is 2.01.